The fraction of sp³-hybridized carbons (Fsp3) is 0.933. The van der Waals surface area contributed by atoms with Gasteiger partial charge in [-0.25, -0.2) is 0 Å². The Bertz CT molecular complexity index is 436. The molecule has 0 aromatic rings. The highest BCUT2D eigenvalue weighted by Gasteiger charge is 2.42. The first-order valence-corrected chi connectivity index (χ1v) is 10.6. The van der Waals surface area contributed by atoms with Gasteiger partial charge in [0.25, 0.3) is 0 Å². The van der Waals surface area contributed by atoms with Crippen molar-refractivity contribution in [3.8, 4) is 0 Å². The van der Waals surface area contributed by atoms with Crippen molar-refractivity contribution in [1.29, 1.82) is 0 Å². The van der Waals surface area contributed by atoms with Crippen LogP contribution in [-0.4, -0.2) is 37.5 Å². The Hall–Kier alpha value is -0.883. The minimum atomic E-state index is -2.06. The molecule has 0 saturated carbocycles. The van der Waals surface area contributed by atoms with Crippen LogP contribution in [0.25, 0.3) is 10.4 Å². The molecule has 0 radical (unpaired) electrons. The number of ketones is 1. The summed E-state index contributed by atoms with van der Waals surface area (Å²) in [5.41, 5.74) is 6.98. The third-order valence-electron chi connectivity index (χ3n) is 4.24. The van der Waals surface area contributed by atoms with Gasteiger partial charge >= 0.3 is 0 Å². The third-order valence-corrected chi connectivity index (χ3v) is 8.72. The van der Waals surface area contributed by atoms with Gasteiger partial charge in [-0.3, -0.25) is 4.79 Å². The van der Waals surface area contributed by atoms with E-state index in [1.54, 1.807) is 0 Å². The Morgan fingerprint density at radius 1 is 1.32 bits per heavy atom. The van der Waals surface area contributed by atoms with Crippen molar-refractivity contribution in [1.82, 2.24) is 0 Å². The van der Waals surface area contributed by atoms with Gasteiger partial charge in [-0.15, -0.1) is 0 Å². The lowest BCUT2D eigenvalue weighted by molar-refractivity contribution is -0.140. The van der Waals surface area contributed by atoms with Gasteiger partial charge in [0.1, 0.15) is 5.60 Å². The van der Waals surface area contributed by atoms with E-state index in [1.807, 2.05) is 13.8 Å². The molecular formula is C15H31N3O3Si. The van der Waals surface area contributed by atoms with Crippen LogP contribution in [0.3, 0.4) is 0 Å². The quantitative estimate of drug-likeness (QED) is 0.315. The van der Waals surface area contributed by atoms with Crippen LogP contribution in [-0.2, 0) is 9.22 Å². The molecule has 6 nitrogen and oxygen atoms in total. The Kier molecular flexibility index (Phi) is 7.29. The van der Waals surface area contributed by atoms with Crippen molar-refractivity contribution >= 4 is 14.1 Å². The molecule has 7 heteroatoms. The number of carbonyl (C=O) groups excluding carboxylic acids is 1. The number of hydrogen-bond donors (Lipinski definition) is 1. The maximum Gasteiger partial charge on any atom is 0.192 e. The minimum absolute atomic E-state index is 0.00569. The van der Waals surface area contributed by atoms with Gasteiger partial charge in [-0.05, 0) is 42.9 Å². The van der Waals surface area contributed by atoms with Crippen LogP contribution in [0, 0.1) is 5.92 Å². The summed E-state index contributed by atoms with van der Waals surface area (Å²) in [6, 6.07) is -0.858. The Morgan fingerprint density at radius 3 is 2.18 bits per heavy atom. The topological polar surface area (TPSA) is 95.3 Å². The van der Waals surface area contributed by atoms with Crippen molar-refractivity contribution in [2.75, 3.05) is 6.61 Å². The number of Topliss-reactive ketones (excluding diaryl/α,β-unsaturated/α-hetero) is 1. The highest BCUT2D eigenvalue weighted by atomic mass is 28.4. The molecule has 0 aliphatic carbocycles. The van der Waals surface area contributed by atoms with Gasteiger partial charge in [-0.1, -0.05) is 39.7 Å². The van der Waals surface area contributed by atoms with Crippen molar-refractivity contribution in [2.24, 2.45) is 11.0 Å². The van der Waals surface area contributed by atoms with E-state index in [0.29, 0.717) is 6.42 Å². The molecule has 2 atom stereocenters. The zero-order valence-corrected chi connectivity index (χ0v) is 16.2. The second-order valence-corrected chi connectivity index (χ2v) is 12.8. The molecule has 0 amide bonds. The second-order valence-electron chi connectivity index (χ2n) is 8.04. The van der Waals surface area contributed by atoms with Crippen LogP contribution < -0.4 is 0 Å². The first-order chi connectivity index (χ1) is 9.74. The maximum absolute atomic E-state index is 12.5. The number of azide groups is 1. The van der Waals surface area contributed by atoms with Crippen LogP contribution in [0.1, 0.15) is 48.0 Å². The molecule has 0 heterocycles. The second kappa shape index (κ2) is 7.59. The molecule has 128 valence electrons. The van der Waals surface area contributed by atoms with Crippen molar-refractivity contribution in [3.63, 3.8) is 0 Å². The summed E-state index contributed by atoms with van der Waals surface area (Å²) in [4.78, 5) is 15.2. The maximum atomic E-state index is 12.5. The van der Waals surface area contributed by atoms with Gasteiger partial charge in [0, 0.05) is 4.91 Å². The largest absolute Gasteiger partial charge is 0.413 e. The summed E-state index contributed by atoms with van der Waals surface area (Å²) in [6.07, 6.45) is 0.416. The van der Waals surface area contributed by atoms with Crippen molar-refractivity contribution < 1.29 is 14.3 Å². The van der Waals surface area contributed by atoms with Gasteiger partial charge in [0.05, 0.1) is 12.6 Å². The highest BCUT2D eigenvalue weighted by molar-refractivity contribution is 6.74. The molecular weight excluding hydrogens is 298 g/mol. The van der Waals surface area contributed by atoms with Gasteiger partial charge in [0.2, 0.25) is 0 Å². The van der Waals surface area contributed by atoms with Crippen molar-refractivity contribution in [2.45, 2.75) is 77.7 Å². The lowest BCUT2D eigenvalue weighted by Crippen LogP contribution is -2.50. The molecule has 0 aliphatic heterocycles. The van der Waals surface area contributed by atoms with Crippen molar-refractivity contribution in [3.05, 3.63) is 10.4 Å². The Labute approximate surface area is 135 Å². The lowest BCUT2D eigenvalue weighted by Gasteiger charge is -2.38. The van der Waals surface area contributed by atoms with E-state index in [9.17, 15) is 9.90 Å². The summed E-state index contributed by atoms with van der Waals surface area (Å²) < 4.78 is 5.95. The number of aliphatic hydroxyl groups is 1. The molecule has 1 N–H and O–H groups in total. The van der Waals surface area contributed by atoms with E-state index in [2.05, 4.69) is 43.9 Å². The average molecular weight is 330 g/mol. The molecule has 0 spiro atoms. The summed E-state index contributed by atoms with van der Waals surface area (Å²) >= 11 is 0. The number of rotatable bonds is 8. The molecule has 0 unspecified atom stereocenters. The third kappa shape index (κ3) is 6.08. The van der Waals surface area contributed by atoms with Crippen LogP contribution >= 0.6 is 0 Å². The molecule has 0 bridgehead atoms. The minimum Gasteiger partial charge on any atom is -0.413 e. The monoisotopic (exact) mass is 329 g/mol. The average Bonchev–Trinajstić information content (AvgIpc) is 2.33. The molecule has 0 aromatic carbocycles. The summed E-state index contributed by atoms with van der Waals surface area (Å²) in [7, 11) is -2.06. The summed E-state index contributed by atoms with van der Waals surface area (Å²) in [5.74, 6) is -0.283. The summed E-state index contributed by atoms with van der Waals surface area (Å²) in [6.45, 7) is 15.6. The van der Waals surface area contributed by atoms with Gasteiger partial charge in [-0.2, -0.15) is 0 Å². The van der Waals surface area contributed by atoms with Crippen LogP contribution in [0.15, 0.2) is 5.11 Å². The fourth-order valence-corrected chi connectivity index (χ4v) is 2.76. The molecule has 0 fully saturated rings. The predicted molar refractivity (Wildman–Crippen MR) is 91.2 cm³/mol. The van der Waals surface area contributed by atoms with E-state index in [1.165, 1.54) is 6.92 Å². The van der Waals surface area contributed by atoms with E-state index in [4.69, 9.17) is 9.96 Å². The molecule has 22 heavy (non-hydrogen) atoms. The smallest absolute Gasteiger partial charge is 0.192 e. The molecule has 0 rings (SSSR count). The molecule has 0 saturated heterocycles. The lowest BCUT2D eigenvalue weighted by atomic mass is 9.91. The van der Waals surface area contributed by atoms with E-state index >= 15 is 0 Å². The Balaban J connectivity index is 5.05. The first kappa shape index (κ1) is 21.1. The molecule has 0 aliphatic rings. The van der Waals surface area contributed by atoms with E-state index < -0.39 is 25.7 Å². The standard InChI is InChI=1S/C15H31N3O3Si/c1-11(2)9-12(17-18-16)13(19)15(6,20)10-21-22(7,8)14(3,4)5/h11-12,20H,9-10H2,1-8H3/t12-,15+/m0/s1. The zero-order valence-electron chi connectivity index (χ0n) is 15.2. The molecule has 0 aromatic heterocycles. The van der Waals surface area contributed by atoms with Gasteiger partial charge < -0.3 is 9.53 Å². The summed E-state index contributed by atoms with van der Waals surface area (Å²) in [5, 5.41) is 14.0. The van der Waals surface area contributed by atoms with E-state index in [-0.39, 0.29) is 17.6 Å². The normalized spacial score (nSPS) is 16.8. The van der Waals surface area contributed by atoms with Crippen LogP contribution in [0.5, 0.6) is 0 Å². The van der Waals surface area contributed by atoms with Crippen LogP contribution in [0.2, 0.25) is 18.1 Å². The zero-order chi connectivity index (χ0) is 17.8. The van der Waals surface area contributed by atoms with Gasteiger partial charge in [0.15, 0.2) is 14.1 Å². The van der Waals surface area contributed by atoms with Crippen LogP contribution in [0.4, 0.5) is 0 Å². The predicted octanol–water partition coefficient (Wildman–Crippen LogP) is 4.05. The highest BCUT2D eigenvalue weighted by Crippen LogP contribution is 2.37. The first-order valence-electron chi connectivity index (χ1n) is 7.69. The Morgan fingerprint density at radius 2 is 1.82 bits per heavy atom. The SMILES string of the molecule is CC(C)C[C@H](N=[N+]=[N-])C(=O)[C@](C)(O)CO[Si](C)(C)C(C)(C)C. The number of hydrogen-bond acceptors (Lipinski definition) is 4. The van der Waals surface area contributed by atoms with E-state index in [0.717, 1.165) is 0 Å². The number of carbonyl (C=O) groups is 1. The number of nitrogens with zero attached hydrogens (tertiary/aromatic N) is 3. The fourth-order valence-electron chi connectivity index (χ4n) is 1.68.